The van der Waals surface area contributed by atoms with E-state index in [1.807, 2.05) is 24.3 Å². The van der Waals surface area contributed by atoms with Crippen molar-refractivity contribution in [3.63, 3.8) is 0 Å². The zero-order valence-electron chi connectivity index (χ0n) is 17.4. The van der Waals surface area contributed by atoms with Crippen LogP contribution in [0.15, 0.2) is 54.2 Å². The van der Waals surface area contributed by atoms with Crippen LogP contribution in [0.4, 0.5) is 5.69 Å². The van der Waals surface area contributed by atoms with Gasteiger partial charge in [0.25, 0.3) is 11.8 Å². The van der Waals surface area contributed by atoms with Gasteiger partial charge >= 0.3 is 0 Å². The molecule has 2 atom stereocenters. The first-order valence-corrected chi connectivity index (χ1v) is 10.5. The first-order valence-electron chi connectivity index (χ1n) is 10.2. The van der Waals surface area contributed by atoms with Crippen molar-refractivity contribution < 1.29 is 14.3 Å². The van der Waals surface area contributed by atoms with Gasteiger partial charge in [-0.25, -0.2) is 4.90 Å². The van der Waals surface area contributed by atoms with Crippen molar-refractivity contribution in [2.75, 3.05) is 25.1 Å². The normalized spacial score (nSPS) is 22.1. The number of methoxy groups -OCH3 is 1. The van der Waals surface area contributed by atoms with Crippen molar-refractivity contribution >= 4 is 34.7 Å². The molecule has 2 aromatic carbocycles. The number of nitrogens with zero attached hydrogens (tertiary/aromatic N) is 2. The highest BCUT2D eigenvalue weighted by molar-refractivity contribution is 6.45. The highest BCUT2D eigenvalue weighted by Crippen LogP contribution is 2.37. The summed E-state index contributed by atoms with van der Waals surface area (Å²) in [4.78, 5) is 30.4. The van der Waals surface area contributed by atoms with Gasteiger partial charge in [-0.15, -0.1) is 0 Å². The van der Waals surface area contributed by atoms with E-state index in [9.17, 15) is 9.59 Å². The molecule has 0 aliphatic carbocycles. The van der Waals surface area contributed by atoms with Crippen molar-refractivity contribution in [1.29, 1.82) is 0 Å². The average Bonchev–Trinajstić information content (AvgIpc) is 2.98. The van der Waals surface area contributed by atoms with Crippen LogP contribution in [-0.2, 0) is 9.59 Å². The molecule has 2 aliphatic heterocycles. The van der Waals surface area contributed by atoms with E-state index in [4.69, 9.17) is 16.3 Å². The van der Waals surface area contributed by atoms with Crippen molar-refractivity contribution in [3.05, 3.63) is 64.8 Å². The number of imide groups is 1. The van der Waals surface area contributed by atoms with Gasteiger partial charge in [0.2, 0.25) is 0 Å². The number of halogens is 1. The molecule has 2 amide bonds. The van der Waals surface area contributed by atoms with Crippen LogP contribution in [-0.4, -0.2) is 36.9 Å². The summed E-state index contributed by atoms with van der Waals surface area (Å²) in [7, 11) is 1.60. The Hall–Kier alpha value is -2.79. The summed E-state index contributed by atoms with van der Waals surface area (Å²) < 4.78 is 5.25. The quantitative estimate of drug-likeness (QED) is 0.672. The molecule has 0 bridgehead atoms. The minimum absolute atomic E-state index is 0.283. The van der Waals surface area contributed by atoms with Gasteiger partial charge < -0.3 is 9.64 Å². The fraction of sp³-hybridized carbons (Fsp3) is 0.333. The number of hydrogen-bond acceptors (Lipinski definition) is 4. The van der Waals surface area contributed by atoms with Gasteiger partial charge in [0.05, 0.1) is 18.4 Å². The number of hydrogen-bond donors (Lipinski definition) is 0. The highest BCUT2D eigenvalue weighted by atomic mass is 35.5. The zero-order valence-corrected chi connectivity index (χ0v) is 18.1. The Balaban J connectivity index is 1.81. The first-order chi connectivity index (χ1) is 14.4. The number of amides is 2. The summed E-state index contributed by atoms with van der Waals surface area (Å²) in [6.07, 6.45) is 1.12. The standard InChI is InChI=1S/C24H25ClN2O3/c1-15-12-16(2)14-26(13-15)22-21(17-4-10-20(30-3)11-5-17)23(28)27(24(22)29)19-8-6-18(25)7-9-19/h4-11,15-16H,12-14H2,1-3H3. The van der Waals surface area contributed by atoms with Crippen LogP contribution in [0.5, 0.6) is 5.75 Å². The molecular weight excluding hydrogens is 400 g/mol. The number of carbonyl (C=O) groups is 2. The van der Waals surface area contributed by atoms with Crippen molar-refractivity contribution in [2.24, 2.45) is 11.8 Å². The maximum Gasteiger partial charge on any atom is 0.282 e. The Bertz CT molecular complexity index is 988. The van der Waals surface area contributed by atoms with E-state index in [0.29, 0.717) is 45.1 Å². The van der Waals surface area contributed by atoms with Crippen molar-refractivity contribution in [3.8, 4) is 5.75 Å². The number of benzene rings is 2. The van der Waals surface area contributed by atoms with Gasteiger partial charge in [0, 0.05) is 18.1 Å². The van der Waals surface area contributed by atoms with Gasteiger partial charge in [0.15, 0.2) is 0 Å². The molecule has 6 heteroatoms. The molecule has 0 spiro atoms. The lowest BCUT2D eigenvalue weighted by atomic mass is 9.91. The Morgan fingerprint density at radius 1 is 0.900 bits per heavy atom. The lowest BCUT2D eigenvalue weighted by Gasteiger charge is -2.37. The number of piperidine rings is 1. The van der Waals surface area contributed by atoms with Crippen LogP contribution in [0, 0.1) is 11.8 Å². The molecule has 2 unspecified atom stereocenters. The SMILES string of the molecule is COc1ccc(C2=C(N3CC(C)CC(C)C3)C(=O)N(c3ccc(Cl)cc3)C2=O)cc1. The van der Waals surface area contributed by atoms with E-state index in [-0.39, 0.29) is 11.8 Å². The Morgan fingerprint density at radius 3 is 2.07 bits per heavy atom. The summed E-state index contributed by atoms with van der Waals surface area (Å²) in [6, 6.07) is 14.1. The number of ether oxygens (including phenoxy) is 1. The molecule has 2 aliphatic rings. The number of rotatable bonds is 4. The minimum Gasteiger partial charge on any atom is -0.497 e. The van der Waals surface area contributed by atoms with Crippen LogP contribution < -0.4 is 9.64 Å². The van der Waals surface area contributed by atoms with Gasteiger partial charge in [0.1, 0.15) is 11.4 Å². The van der Waals surface area contributed by atoms with Crippen LogP contribution in [0.2, 0.25) is 5.02 Å². The summed E-state index contributed by atoms with van der Waals surface area (Å²) in [5.41, 5.74) is 2.16. The smallest absolute Gasteiger partial charge is 0.282 e. The van der Waals surface area contributed by atoms with Crippen LogP contribution >= 0.6 is 11.6 Å². The zero-order chi connectivity index (χ0) is 21.4. The first kappa shape index (κ1) is 20.5. The molecule has 30 heavy (non-hydrogen) atoms. The molecule has 0 N–H and O–H groups in total. The van der Waals surface area contributed by atoms with Gasteiger partial charge in [-0.05, 0) is 60.2 Å². The largest absolute Gasteiger partial charge is 0.497 e. The van der Waals surface area contributed by atoms with E-state index >= 15 is 0 Å². The molecule has 5 nitrogen and oxygen atoms in total. The third-order valence-electron chi connectivity index (χ3n) is 5.71. The van der Waals surface area contributed by atoms with Crippen molar-refractivity contribution in [2.45, 2.75) is 20.3 Å². The van der Waals surface area contributed by atoms with Gasteiger partial charge in [-0.3, -0.25) is 9.59 Å². The Labute approximate surface area is 181 Å². The fourth-order valence-electron chi connectivity index (χ4n) is 4.50. The number of likely N-dealkylation sites (tertiary alicyclic amines) is 1. The predicted molar refractivity (Wildman–Crippen MR) is 118 cm³/mol. The number of carbonyl (C=O) groups excluding carboxylic acids is 2. The Kier molecular flexibility index (Phi) is 5.56. The third kappa shape index (κ3) is 3.70. The summed E-state index contributed by atoms with van der Waals surface area (Å²) in [6.45, 7) is 5.89. The van der Waals surface area contributed by atoms with E-state index in [1.165, 1.54) is 4.90 Å². The molecule has 0 radical (unpaired) electrons. The van der Waals surface area contributed by atoms with Gasteiger partial charge in [-0.1, -0.05) is 37.6 Å². The van der Waals surface area contributed by atoms with Crippen LogP contribution in [0.3, 0.4) is 0 Å². The molecule has 156 valence electrons. The van der Waals surface area contributed by atoms with Crippen LogP contribution in [0.25, 0.3) is 5.57 Å². The third-order valence-corrected chi connectivity index (χ3v) is 5.96. The molecular formula is C24H25ClN2O3. The molecule has 2 heterocycles. The van der Waals surface area contributed by atoms with E-state index < -0.39 is 0 Å². The van der Waals surface area contributed by atoms with E-state index in [1.54, 1.807) is 31.4 Å². The minimum atomic E-state index is -0.312. The molecule has 4 rings (SSSR count). The second-order valence-electron chi connectivity index (χ2n) is 8.23. The predicted octanol–water partition coefficient (Wildman–Crippen LogP) is 4.61. The topological polar surface area (TPSA) is 49.9 Å². The second kappa shape index (κ2) is 8.15. The van der Waals surface area contributed by atoms with Crippen LogP contribution in [0.1, 0.15) is 25.8 Å². The molecule has 0 saturated carbocycles. The second-order valence-corrected chi connectivity index (χ2v) is 8.66. The monoisotopic (exact) mass is 424 g/mol. The molecule has 2 aromatic rings. The summed E-state index contributed by atoms with van der Waals surface area (Å²) >= 11 is 6.01. The van der Waals surface area contributed by atoms with Gasteiger partial charge in [-0.2, -0.15) is 0 Å². The Morgan fingerprint density at radius 2 is 1.50 bits per heavy atom. The maximum absolute atomic E-state index is 13.6. The van der Waals surface area contributed by atoms with E-state index in [2.05, 4.69) is 18.7 Å². The summed E-state index contributed by atoms with van der Waals surface area (Å²) in [5, 5.41) is 0.556. The lowest BCUT2D eigenvalue weighted by molar-refractivity contribution is -0.120. The summed E-state index contributed by atoms with van der Waals surface area (Å²) in [5.74, 6) is 1.01. The maximum atomic E-state index is 13.6. The molecule has 1 fully saturated rings. The molecule has 0 aromatic heterocycles. The number of anilines is 1. The highest BCUT2D eigenvalue weighted by Gasteiger charge is 2.43. The van der Waals surface area contributed by atoms with Crippen molar-refractivity contribution in [1.82, 2.24) is 4.90 Å². The average molecular weight is 425 g/mol. The fourth-order valence-corrected chi connectivity index (χ4v) is 4.63. The lowest BCUT2D eigenvalue weighted by Crippen LogP contribution is -2.42. The molecule has 1 saturated heterocycles. The van der Waals surface area contributed by atoms with E-state index in [0.717, 1.165) is 19.5 Å².